The first-order chi connectivity index (χ1) is 5.88. The summed E-state index contributed by atoms with van der Waals surface area (Å²) < 4.78 is 0. The highest BCUT2D eigenvalue weighted by atomic mass is 14.5. The van der Waals surface area contributed by atoms with E-state index in [1.165, 1.54) is 5.56 Å². The maximum absolute atomic E-state index is 8.53. The summed E-state index contributed by atoms with van der Waals surface area (Å²) in [5.74, 6) is 0. The van der Waals surface area contributed by atoms with Gasteiger partial charge in [-0.2, -0.15) is 5.26 Å². The fourth-order valence-electron chi connectivity index (χ4n) is 1.21. The van der Waals surface area contributed by atoms with Gasteiger partial charge in [0.05, 0.1) is 12.5 Å². The first kappa shape index (κ1) is 8.76. The van der Waals surface area contributed by atoms with Crippen molar-refractivity contribution in [2.24, 2.45) is 5.73 Å². The Balaban J connectivity index is 2.85. The Morgan fingerprint density at radius 1 is 1.25 bits per heavy atom. The molecule has 0 aliphatic rings. The second kappa shape index (κ2) is 4.53. The van der Waals surface area contributed by atoms with Gasteiger partial charge in [0, 0.05) is 0 Å². The molecule has 0 aliphatic heterocycles. The van der Waals surface area contributed by atoms with Crippen molar-refractivity contribution >= 4 is 0 Å². The molecule has 2 heteroatoms. The van der Waals surface area contributed by atoms with E-state index in [1.54, 1.807) is 0 Å². The Hall–Kier alpha value is -1.33. The molecule has 0 saturated carbocycles. The Bertz CT molecular complexity index is 286. The molecule has 0 atom stereocenters. The molecule has 0 bridgehead atoms. The first-order valence-corrected chi connectivity index (χ1v) is 4.02. The maximum Gasteiger partial charge on any atom is 0.0669 e. The topological polar surface area (TPSA) is 49.8 Å². The fraction of sp³-hybridized carbons (Fsp3) is 0.300. The molecule has 0 aromatic heterocycles. The highest BCUT2D eigenvalue weighted by molar-refractivity contribution is 5.29. The van der Waals surface area contributed by atoms with Crippen molar-refractivity contribution in [2.45, 2.75) is 12.8 Å². The minimum atomic E-state index is 0.482. The van der Waals surface area contributed by atoms with Crippen molar-refractivity contribution < 1.29 is 0 Å². The van der Waals surface area contributed by atoms with Crippen LogP contribution in [0.3, 0.4) is 0 Å². The van der Waals surface area contributed by atoms with E-state index in [-0.39, 0.29) is 0 Å². The lowest BCUT2D eigenvalue weighted by molar-refractivity contribution is 0.950. The van der Waals surface area contributed by atoms with Crippen molar-refractivity contribution in [1.29, 1.82) is 5.26 Å². The predicted molar refractivity (Wildman–Crippen MR) is 48.5 cm³/mol. The Morgan fingerprint density at radius 2 is 1.92 bits per heavy atom. The minimum Gasteiger partial charge on any atom is -0.330 e. The molecule has 2 nitrogen and oxygen atoms in total. The molecule has 0 fully saturated rings. The number of nitrogens with two attached hydrogens (primary N) is 1. The van der Waals surface area contributed by atoms with Gasteiger partial charge in [0.1, 0.15) is 0 Å². The van der Waals surface area contributed by atoms with Gasteiger partial charge in [0.2, 0.25) is 0 Å². The van der Waals surface area contributed by atoms with E-state index >= 15 is 0 Å². The first-order valence-electron chi connectivity index (χ1n) is 4.02. The molecule has 1 aromatic carbocycles. The molecular formula is C10H12N2. The number of rotatable bonds is 3. The zero-order chi connectivity index (χ0) is 8.81. The third-order valence-corrected chi connectivity index (χ3v) is 1.80. The Morgan fingerprint density at radius 3 is 2.50 bits per heavy atom. The van der Waals surface area contributed by atoms with Crippen LogP contribution in [0.4, 0.5) is 0 Å². The van der Waals surface area contributed by atoms with Gasteiger partial charge in [-0.25, -0.2) is 0 Å². The van der Waals surface area contributed by atoms with E-state index in [9.17, 15) is 0 Å². The summed E-state index contributed by atoms with van der Waals surface area (Å²) in [6, 6.07) is 10.1. The summed E-state index contributed by atoms with van der Waals surface area (Å²) in [6.45, 7) is 0.641. The number of benzene rings is 1. The SMILES string of the molecule is N#CCc1ccccc1CCN. The largest absolute Gasteiger partial charge is 0.330 e. The summed E-state index contributed by atoms with van der Waals surface area (Å²) in [4.78, 5) is 0. The van der Waals surface area contributed by atoms with Crippen molar-refractivity contribution in [2.75, 3.05) is 6.54 Å². The van der Waals surface area contributed by atoms with Gasteiger partial charge in [-0.1, -0.05) is 24.3 Å². The molecule has 0 unspecified atom stereocenters. The quantitative estimate of drug-likeness (QED) is 0.723. The molecule has 12 heavy (non-hydrogen) atoms. The van der Waals surface area contributed by atoms with E-state index in [0.717, 1.165) is 12.0 Å². The molecule has 1 aromatic rings. The molecule has 0 radical (unpaired) electrons. The van der Waals surface area contributed by atoms with Gasteiger partial charge in [0.25, 0.3) is 0 Å². The van der Waals surface area contributed by atoms with Gasteiger partial charge < -0.3 is 5.73 Å². The van der Waals surface area contributed by atoms with Crippen LogP contribution in [-0.2, 0) is 12.8 Å². The zero-order valence-corrected chi connectivity index (χ0v) is 6.96. The standard InChI is InChI=1S/C10H12N2/c11-7-5-9-3-1-2-4-10(9)6-8-12/h1-4H,5-7,11H2. The van der Waals surface area contributed by atoms with Crippen LogP contribution in [0.1, 0.15) is 11.1 Å². The van der Waals surface area contributed by atoms with E-state index < -0.39 is 0 Å². The number of nitrogens with zero attached hydrogens (tertiary/aromatic N) is 1. The number of hydrogen-bond donors (Lipinski definition) is 1. The summed E-state index contributed by atoms with van der Waals surface area (Å²) >= 11 is 0. The van der Waals surface area contributed by atoms with Crippen LogP contribution >= 0.6 is 0 Å². The second-order valence-corrected chi connectivity index (χ2v) is 2.64. The van der Waals surface area contributed by atoms with Crippen molar-refractivity contribution in [1.82, 2.24) is 0 Å². The molecule has 0 spiro atoms. The normalized spacial score (nSPS) is 9.33. The molecule has 62 valence electrons. The fourth-order valence-corrected chi connectivity index (χ4v) is 1.21. The third-order valence-electron chi connectivity index (χ3n) is 1.80. The smallest absolute Gasteiger partial charge is 0.0669 e. The van der Waals surface area contributed by atoms with Gasteiger partial charge in [-0.3, -0.25) is 0 Å². The maximum atomic E-state index is 8.53. The van der Waals surface area contributed by atoms with E-state index in [4.69, 9.17) is 11.0 Å². The Labute approximate surface area is 72.6 Å². The van der Waals surface area contributed by atoms with Crippen LogP contribution in [-0.4, -0.2) is 6.54 Å². The lowest BCUT2D eigenvalue weighted by Gasteiger charge is -2.03. The van der Waals surface area contributed by atoms with E-state index in [1.807, 2.05) is 24.3 Å². The van der Waals surface area contributed by atoms with Crippen LogP contribution in [0.2, 0.25) is 0 Å². The van der Waals surface area contributed by atoms with Crippen LogP contribution < -0.4 is 5.73 Å². The highest BCUT2D eigenvalue weighted by Crippen LogP contribution is 2.08. The predicted octanol–water partition coefficient (Wildman–Crippen LogP) is 1.25. The third kappa shape index (κ3) is 2.08. The number of nitriles is 1. The summed E-state index contributed by atoms with van der Waals surface area (Å²) in [5, 5.41) is 8.53. The zero-order valence-electron chi connectivity index (χ0n) is 6.96. The Kier molecular flexibility index (Phi) is 3.31. The summed E-state index contributed by atoms with van der Waals surface area (Å²) in [7, 11) is 0. The molecule has 0 aliphatic carbocycles. The summed E-state index contributed by atoms with van der Waals surface area (Å²) in [5.41, 5.74) is 7.74. The molecule has 0 amide bonds. The molecule has 0 heterocycles. The highest BCUT2D eigenvalue weighted by Gasteiger charge is 1.98. The van der Waals surface area contributed by atoms with Crippen LogP contribution in [0.5, 0.6) is 0 Å². The summed E-state index contributed by atoms with van der Waals surface area (Å²) in [6.07, 6.45) is 1.34. The van der Waals surface area contributed by atoms with Crippen molar-refractivity contribution in [3.05, 3.63) is 35.4 Å². The lowest BCUT2D eigenvalue weighted by Crippen LogP contribution is -2.04. The van der Waals surface area contributed by atoms with Crippen molar-refractivity contribution in [3.8, 4) is 6.07 Å². The van der Waals surface area contributed by atoms with Crippen LogP contribution in [0, 0.1) is 11.3 Å². The van der Waals surface area contributed by atoms with Gasteiger partial charge in [0.15, 0.2) is 0 Å². The number of hydrogen-bond acceptors (Lipinski definition) is 2. The average molecular weight is 160 g/mol. The molecular weight excluding hydrogens is 148 g/mol. The van der Waals surface area contributed by atoms with E-state index in [2.05, 4.69) is 6.07 Å². The van der Waals surface area contributed by atoms with Gasteiger partial charge >= 0.3 is 0 Å². The molecule has 2 N–H and O–H groups in total. The van der Waals surface area contributed by atoms with Crippen molar-refractivity contribution in [3.63, 3.8) is 0 Å². The van der Waals surface area contributed by atoms with Gasteiger partial charge in [-0.05, 0) is 24.1 Å². The second-order valence-electron chi connectivity index (χ2n) is 2.64. The van der Waals surface area contributed by atoms with Crippen LogP contribution in [0.15, 0.2) is 24.3 Å². The molecule has 1 rings (SSSR count). The lowest BCUT2D eigenvalue weighted by atomic mass is 10.0. The minimum absolute atomic E-state index is 0.482. The van der Waals surface area contributed by atoms with E-state index in [0.29, 0.717) is 13.0 Å². The molecule has 0 saturated heterocycles. The average Bonchev–Trinajstić information content (AvgIpc) is 2.09. The van der Waals surface area contributed by atoms with Crippen LogP contribution in [0.25, 0.3) is 0 Å². The monoisotopic (exact) mass is 160 g/mol. The van der Waals surface area contributed by atoms with Gasteiger partial charge in [-0.15, -0.1) is 0 Å².